The number of nitrogens with zero attached hydrogens (tertiary/aromatic N) is 4. The summed E-state index contributed by atoms with van der Waals surface area (Å²) in [5, 5.41) is 3.40. The van der Waals surface area contributed by atoms with Gasteiger partial charge in [-0.25, -0.2) is 0 Å². The predicted octanol–water partition coefficient (Wildman–Crippen LogP) is 1.90. The Kier molecular flexibility index (Phi) is 4.36. The summed E-state index contributed by atoms with van der Waals surface area (Å²) in [6.45, 7) is 12.2. The Morgan fingerprint density at radius 1 is 1.17 bits per heavy atom. The summed E-state index contributed by atoms with van der Waals surface area (Å²) in [5.41, 5.74) is 6.24. The third-order valence-corrected chi connectivity index (χ3v) is 4.90. The zero-order valence-electron chi connectivity index (χ0n) is 14.8. The quantitative estimate of drug-likeness (QED) is 0.884. The van der Waals surface area contributed by atoms with Crippen molar-refractivity contribution >= 4 is 17.6 Å². The van der Waals surface area contributed by atoms with Crippen molar-refractivity contribution < 1.29 is 0 Å². The number of fused-ring (bicyclic) bond motifs is 1. The molecule has 6 heteroatoms. The minimum Gasteiger partial charge on any atom is -0.370 e. The molecule has 2 aliphatic rings. The molecule has 6 nitrogen and oxygen atoms in total. The summed E-state index contributed by atoms with van der Waals surface area (Å²) in [6.07, 6.45) is 1.09. The first kappa shape index (κ1) is 16.3. The molecular formula is C17H30N6. The highest BCUT2D eigenvalue weighted by Gasteiger charge is 2.39. The van der Waals surface area contributed by atoms with Crippen molar-refractivity contribution in [1.29, 1.82) is 0 Å². The van der Waals surface area contributed by atoms with Crippen LogP contribution in [0.15, 0.2) is 6.07 Å². The van der Waals surface area contributed by atoms with Gasteiger partial charge in [-0.2, -0.15) is 9.97 Å². The van der Waals surface area contributed by atoms with Crippen LogP contribution in [0.1, 0.15) is 27.2 Å². The lowest BCUT2D eigenvalue weighted by molar-refractivity contribution is 0.387. The van der Waals surface area contributed by atoms with Crippen molar-refractivity contribution in [3.05, 3.63) is 6.07 Å². The van der Waals surface area contributed by atoms with E-state index in [2.05, 4.69) is 52.9 Å². The minimum atomic E-state index is 0.312. The summed E-state index contributed by atoms with van der Waals surface area (Å²) in [5.74, 6) is 3.68. The van der Waals surface area contributed by atoms with Gasteiger partial charge in [0, 0.05) is 38.8 Å². The van der Waals surface area contributed by atoms with Gasteiger partial charge in [-0.1, -0.05) is 20.8 Å². The van der Waals surface area contributed by atoms with Gasteiger partial charge >= 0.3 is 0 Å². The van der Waals surface area contributed by atoms with Crippen molar-refractivity contribution in [2.24, 2.45) is 17.3 Å². The lowest BCUT2D eigenvalue weighted by Gasteiger charge is -2.22. The molecule has 3 heterocycles. The van der Waals surface area contributed by atoms with Crippen LogP contribution in [0.5, 0.6) is 0 Å². The number of aromatic nitrogens is 2. The molecule has 0 spiro atoms. The van der Waals surface area contributed by atoms with Crippen LogP contribution in [0.4, 0.5) is 17.6 Å². The third-order valence-electron chi connectivity index (χ3n) is 4.90. The molecule has 0 aliphatic carbocycles. The standard InChI is InChI=1S/C17H30N6/c1-17(2,3)5-6-19-14-7-15(21-16(18)20-14)23-10-12-8-22(4)9-13(12)11-23/h7,12-13H,5-6,8-11H2,1-4H3,(H3,18,19,20,21). The van der Waals surface area contributed by atoms with Crippen molar-refractivity contribution in [2.45, 2.75) is 27.2 Å². The number of nitrogen functional groups attached to an aromatic ring is 1. The van der Waals surface area contributed by atoms with Gasteiger partial charge in [-0.3, -0.25) is 0 Å². The van der Waals surface area contributed by atoms with Gasteiger partial charge in [0.25, 0.3) is 0 Å². The fourth-order valence-corrected chi connectivity index (χ4v) is 3.69. The number of likely N-dealkylation sites (tertiary alicyclic amines) is 1. The monoisotopic (exact) mass is 318 g/mol. The highest BCUT2D eigenvalue weighted by atomic mass is 15.3. The molecule has 23 heavy (non-hydrogen) atoms. The molecule has 2 fully saturated rings. The second kappa shape index (κ2) is 6.15. The topological polar surface area (TPSA) is 70.3 Å². The predicted molar refractivity (Wildman–Crippen MR) is 95.7 cm³/mol. The molecule has 3 rings (SSSR count). The Morgan fingerprint density at radius 2 is 1.83 bits per heavy atom. The maximum Gasteiger partial charge on any atom is 0.223 e. The Labute approximate surface area is 139 Å². The fourth-order valence-electron chi connectivity index (χ4n) is 3.69. The molecule has 0 aromatic carbocycles. The van der Waals surface area contributed by atoms with E-state index in [4.69, 9.17) is 5.73 Å². The first-order valence-electron chi connectivity index (χ1n) is 8.62. The maximum absolute atomic E-state index is 5.93. The molecule has 0 radical (unpaired) electrons. The average molecular weight is 318 g/mol. The van der Waals surface area contributed by atoms with E-state index in [1.807, 2.05) is 6.07 Å². The lowest BCUT2D eigenvalue weighted by atomic mass is 9.92. The minimum absolute atomic E-state index is 0.312. The van der Waals surface area contributed by atoms with Crippen LogP contribution in [-0.4, -0.2) is 54.6 Å². The van der Waals surface area contributed by atoms with Crippen LogP contribution < -0.4 is 16.0 Å². The normalized spacial score (nSPS) is 25.0. The second-order valence-corrected chi connectivity index (χ2v) is 8.35. The summed E-state index contributed by atoms with van der Waals surface area (Å²) >= 11 is 0. The zero-order valence-corrected chi connectivity index (χ0v) is 14.8. The smallest absolute Gasteiger partial charge is 0.223 e. The average Bonchev–Trinajstić information content (AvgIpc) is 2.93. The van der Waals surface area contributed by atoms with Gasteiger partial charge in [-0.05, 0) is 30.7 Å². The van der Waals surface area contributed by atoms with Crippen LogP contribution in [-0.2, 0) is 0 Å². The second-order valence-electron chi connectivity index (χ2n) is 8.35. The van der Waals surface area contributed by atoms with E-state index in [-0.39, 0.29) is 0 Å². The highest BCUT2D eigenvalue weighted by molar-refractivity contribution is 5.53. The number of nitrogens with two attached hydrogens (primary N) is 1. The molecule has 2 unspecified atom stereocenters. The van der Waals surface area contributed by atoms with E-state index in [9.17, 15) is 0 Å². The van der Waals surface area contributed by atoms with Crippen LogP contribution >= 0.6 is 0 Å². The molecular weight excluding hydrogens is 288 g/mol. The first-order valence-corrected chi connectivity index (χ1v) is 8.62. The highest BCUT2D eigenvalue weighted by Crippen LogP contribution is 2.33. The van der Waals surface area contributed by atoms with Crippen LogP contribution in [0, 0.1) is 17.3 Å². The maximum atomic E-state index is 5.93. The van der Waals surface area contributed by atoms with Gasteiger partial charge in [0.1, 0.15) is 11.6 Å². The van der Waals surface area contributed by atoms with Gasteiger partial charge < -0.3 is 20.9 Å². The lowest BCUT2D eigenvalue weighted by Crippen LogP contribution is -2.27. The molecule has 2 saturated heterocycles. The number of nitrogens with one attached hydrogen (secondary N) is 1. The molecule has 2 aliphatic heterocycles. The van der Waals surface area contributed by atoms with Gasteiger partial charge in [0.15, 0.2) is 0 Å². The molecule has 2 atom stereocenters. The summed E-state index contributed by atoms with van der Waals surface area (Å²) in [4.78, 5) is 13.6. The molecule has 128 valence electrons. The van der Waals surface area contributed by atoms with Gasteiger partial charge in [0.2, 0.25) is 5.95 Å². The number of anilines is 3. The van der Waals surface area contributed by atoms with Crippen LogP contribution in [0.25, 0.3) is 0 Å². The zero-order chi connectivity index (χ0) is 16.6. The Balaban J connectivity index is 1.64. The van der Waals surface area contributed by atoms with Crippen molar-refractivity contribution in [1.82, 2.24) is 14.9 Å². The number of hydrogen-bond donors (Lipinski definition) is 2. The summed E-state index contributed by atoms with van der Waals surface area (Å²) < 4.78 is 0. The molecule has 1 aromatic heterocycles. The van der Waals surface area contributed by atoms with Crippen molar-refractivity contribution in [3.63, 3.8) is 0 Å². The molecule has 0 amide bonds. The van der Waals surface area contributed by atoms with E-state index in [0.717, 1.165) is 49.5 Å². The molecule has 0 bridgehead atoms. The summed E-state index contributed by atoms with van der Waals surface area (Å²) in [6, 6.07) is 2.05. The largest absolute Gasteiger partial charge is 0.370 e. The van der Waals surface area contributed by atoms with Gasteiger partial charge in [0.05, 0.1) is 0 Å². The van der Waals surface area contributed by atoms with Crippen molar-refractivity contribution in [3.8, 4) is 0 Å². The van der Waals surface area contributed by atoms with Crippen LogP contribution in [0.3, 0.4) is 0 Å². The molecule has 3 N–H and O–H groups in total. The summed E-state index contributed by atoms with van der Waals surface area (Å²) in [7, 11) is 2.21. The fraction of sp³-hybridized carbons (Fsp3) is 0.765. The molecule has 0 saturated carbocycles. The van der Waals surface area contributed by atoms with E-state index in [1.165, 1.54) is 13.1 Å². The van der Waals surface area contributed by atoms with Crippen molar-refractivity contribution in [2.75, 3.05) is 55.7 Å². The van der Waals surface area contributed by atoms with E-state index >= 15 is 0 Å². The van der Waals surface area contributed by atoms with E-state index in [0.29, 0.717) is 11.4 Å². The molecule has 1 aromatic rings. The van der Waals surface area contributed by atoms with Crippen LogP contribution in [0.2, 0.25) is 0 Å². The third kappa shape index (κ3) is 4.05. The first-order chi connectivity index (χ1) is 10.8. The Hall–Kier alpha value is -1.56. The number of hydrogen-bond acceptors (Lipinski definition) is 6. The SMILES string of the molecule is CN1CC2CN(c3cc(NCCC(C)(C)C)nc(N)n3)CC2C1. The van der Waals surface area contributed by atoms with E-state index in [1.54, 1.807) is 0 Å². The van der Waals surface area contributed by atoms with Gasteiger partial charge in [-0.15, -0.1) is 0 Å². The Bertz CT molecular complexity index is 539. The van der Waals surface area contributed by atoms with E-state index < -0.39 is 0 Å². The Morgan fingerprint density at radius 3 is 2.43 bits per heavy atom. The number of rotatable bonds is 4.